The van der Waals surface area contributed by atoms with E-state index in [1.165, 1.54) is 0 Å². The van der Waals surface area contributed by atoms with Crippen molar-refractivity contribution >= 4 is 27.3 Å². The van der Waals surface area contributed by atoms with Crippen molar-refractivity contribution in [1.29, 1.82) is 0 Å². The molecule has 13 aromatic rings. The molecule has 6 heteroatoms. The Labute approximate surface area is 437 Å². The van der Waals surface area contributed by atoms with Crippen LogP contribution in [0.2, 0.25) is 0 Å². The van der Waals surface area contributed by atoms with Crippen LogP contribution in [0.1, 0.15) is 5.56 Å². The van der Waals surface area contributed by atoms with Gasteiger partial charge >= 0.3 is 20.1 Å². The van der Waals surface area contributed by atoms with E-state index in [0.717, 1.165) is 133 Å². The molecule has 0 amide bonds. The molecule has 0 bridgehead atoms. The fraction of sp³-hybridized carbons (Fsp3) is 0.0149. The first-order valence-corrected chi connectivity index (χ1v) is 24.1. The molecule has 0 saturated heterocycles. The summed E-state index contributed by atoms with van der Waals surface area (Å²) in [5.74, 6) is 0. The van der Waals surface area contributed by atoms with E-state index in [9.17, 15) is 0 Å². The fourth-order valence-electron chi connectivity index (χ4n) is 10.3. The van der Waals surface area contributed by atoms with Crippen molar-refractivity contribution in [2.45, 2.75) is 6.92 Å². The monoisotopic (exact) mass is 1110 g/mol. The quantitative estimate of drug-likeness (QED) is 0.107. The second-order valence-electron chi connectivity index (χ2n) is 18.0. The second-order valence-corrected chi connectivity index (χ2v) is 18.0. The van der Waals surface area contributed by atoms with Crippen LogP contribution in [0, 0.1) is 25.1 Å². The normalized spacial score (nSPS) is 11.2. The molecule has 0 aliphatic carbocycles. The zero-order valence-electron chi connectivity index (χ0n) is 39.6. The molecule has 73 heavy (non-hydrogen) atoms. The number of aryl methyl sites for hydroxylation is 1. The van der Waals surface area contributed by atoms with E-state index < -0.39 is 0 Å². The van der Waals surface area contributed by atoms with Crippen molar-refractivity contribution in [2.24, 2.45) is 0 Å². The van der Waals surface area contributed by atoms with Gasteiger partial charge in [-0.15, -0.1) is 95.6 Å². The summed E-state index contributed by atoms with van der Waals surface area (Å²) in [5.41, 5.74) is 22.7. The Hall–Kier alpha value is -8.93. The Morgan fingerprint density at radius 2 is 0.904 bits per heavy atom. The predicted molar refractivity (Wildman–Crippen MR) is 294 cm³/mol. The van der Waals surface area contributed by atoms with Crippen LogP contribution in [-0.2, 0) is 20.1 Å². The van der Waals surface area contributed by atoms with Crippen LogP contribution in [-0.4, -0.2) is 24.6 Å². The van der Waals surface area contributed by atoms with Crippen LogP contribution in [0.25, 0.3) is 128 Å². The smallest absolute Gasteiger partial charge is 0.304 e. The van der Waals surface area contributed by atoms with E-state index in [-0.39, 0.29) is 20.1 Å². The number of fused-ring (bicyclic) bond motifs is 6. The topological polar surface area (TPSA) is 56.0 Å². The Kier molecular flexibility index (Phi) is 12.0. The number of aromatic nitrogens is 5. The minimum atomic E-state index is 0. The van der Waals surface area contributed by atoms with Gasteiger partial charge in [0.2, 0.25) is 0 Å². The summed E-state index contributed by atoms with van der Waals surface area (Å²) in [7, 11) is 0. The SMILES string of the molecule is Cc1cc[c-]c2c3ncc(-c4ccccc4-c4cc(-c5ccccc5-c5ccc(-c6[c-]cccc6)nc5)cc(-c5ccccc5-c5ccc(-c6[c-]cccc6)nc5)c4)c(-c4ccccc4)c3c3ccnn3c12.[Ir+3]. The molecule has 5 nitrogen and oxygen atoms in total. The Morgan fingerprint density at radius 3 is 1.42 bits per heavy atom. The van der Waals surface area contributed by atoms with Gasteiger partial charge in [-0.1, -0.05) is 140 Å². The van der Waals surface area contributed by atoms with Crippen molar-refractivity contribution in [2.75, 3.05) is 0 Å². The van der Waals surface area contributed by atoms with Gasteiger partial charge in [0.25, 0.3) is 0 Å². The first kappa shape index (κ1) is 45.2. The largest absolute Gasteiger partial charge is 3.00 e. The van der Waals surface area contributed by atoms with Crippen LogP contribution in [0.3, 0.4) is 0 Å². The molecule has 8 aromatic carbocycles. The molecular weight excluding hydrogens is 1070 g/mol. The summed E-state index contributed by atoms with van der Waals surface area (Å²) in [6.45, 7) is 2.12. The zero-order chi connectivity index (χ0) is 48.0. The maximum absolute atomic E-state index is 5.36. The van der Waals surface area contributed by atoms with E-state index in [1.807, 2.05) is 73.2 Å². The number of pyridine rings is 4. The van der Waals surface area contributed by atoms with Gasteiger partial charge in [-0.3, -0.25) is 4.52 Å². The maximum atomic E-state index is 5.36. The summed E-state index contributed by atoms with van der Waals surface area (Å²) in [5, 5.41) is 6.87. The number of rotatable bonds is 9. The van der Waals surface area contributed by atoms with Crippen molar-refractivity contribution in [3.05, 3.63) is 261 Å². The van der Waals surface area contributed by atoms with Crippen molar-refractivity contribution in [3.63, 3.8) is 0 Å². The molecule has 0 saturated carbocycles. The third-order valence-corrected chi connectivity index (χ3v) is 13.7. The molecule has 0 unspecified atom stereocenters. The molecule has 344 valence electrons. The standard InChI is InChI=1S/C67H42N5.Ir/c1-44-18-17-31-59-66-65(63-36-37-71-72(63)67(44)59)64(47-23-9-4-10-24-47)60(43-70-66)58-30-16-15-29-57(58)52-39-50(55-27-13-11-25-53(55)48-32-34-61(68-41-48)45-19-5-2-6-20-45)38-51(40-52)56-28-14-12-26-54(56)49-33-35-62(69-42-49)46-21-7-3-8-22-46;/h2-19,21,23-30,32-43H,1H3;/q-3;+3. The molecule has 0 radical (unpaired) electrons. The minimum Gasteiger partial charge on any atom is -0.304 e. The van der Waals surface area contributed by atoms with Gasteiger partial charge in [-0.25, -0.2) is 0 Å². The Bertz CT molecular complexity index is 3990. The summed E-state index contributed by atoms with van der Waals surface area (Å²) >= 11 is 0. The number of hydrogen-bond acceptors (Lipinski definition) is 4. The molecule has 0 aliphatic heterocycles. The van der Waals surface area contributed by atoms with Gasteiger partial charge in [0.15, 0.2) is 0 Å². The van der Waals surface area contributed by atoms with Crippen molar-refractivity contribution < 1.29 is 20.1 Å². The minimum absolute atomic E-state index is 0. The molecule has 5 aromatic heterocycles. The Balaban J connectivity index is 0.00000543. The summed E-state index contributed by atoms with van der Waals surface area (Å²) in [6.07, 6.45) is 7.91. The average molecular weight is 1110 g/mol. The van der Waals surface area contributed by atoms with Crippen molar-refractivity contribution in [3.8, 4) is 100 Å². The zero-order valence-corrected chi connectivity index (χ0v) is 42.0. The second kappa shape index (κ2) is 19.3. The van der Waals surface area contributed by atoms with Crippen LogP contribution >= 0.6 is 0 Å². The molecule has 0 fully saturated rings. The van der Waals surface area contributed by atoms with Gasteiger partial charge < -0.3 is 15.0 Å². The van der Waals surface area contributed by atoms with Gasteiger partial charge in [0.05, 0.1) is 5.52 Å². The van der Waals surface area contributed by atoms with E-state index in [4.69, 9.17) is 20.1 Å². The molecular formula is C67H42IrN5. The van der Waals surface area contributed by atoms with E-state index >= 15 is 0 Å². The Morgan fingerprint density at radius 1 is 0.397 bits per heavy atom. The third-order valence-electron chi connectivity index (χ3n) is 13.7. The maximum Gasteiger partial charge on any atom is 3.00 e. The molecule has 0 aliphatic rings. The molecule has 13 rings (SSSR count). The molecule has 5 heterocycles. The number of benzene rings is 8. The predicted octanol–water partition coefficient (Wildman–Crippen LogP) is 16.5. The van der Waals surface area contributed by atoms with Crippen LogP contribution < -0.4 is 0 Å². The summed E-state index contributed by atoms with van der Waals surface area (Å²) in [4.78, 5) is 15.3. The fourth-order valence-corrected chi connectivity index (χ4v) is 10.3. The third kappa shape index (κ3) is 8.23. The first-order valence-electron chi connectivity index (χ1n) is 24.1. The molecule has 0 spiro atoms. The summed E-state index contributed by atoms with van der Waals surface area (Å²) < 4.78 is 2.06. The van der Waals surface area contributed by atoms with E-state index in [0.29, 0.717) is 0 Å². The van der Waals surface area contributed by atoms with E-state index in [2.05, 4.69) is 194 Å². The number of nitrogens with zero attached hydrogens (tertiary/aromatic N) is 5. The van der Waals surface area contributed by atoms with E-state index in [1.54, 1.807) is 0 Å². The van der Waals surface area contributed by atoms with Gasteiger partial charge in [0, 0.05) is 35.9 Å². The van der Waals surface area contributed by atoms with Crippen LogP contribution in [0.4, 0.5) is 0 Å². The van der Waals surface area contributed by atoms with Gasteiger partial charge in [-0.2, -0.15) is 5.10 Å². The van der Waals surface area contributed by atoms with Crippen molar-refractivity contribution in [1.82, 2.24) is 24.6 Å². The van der Waals surface area contributed by atoms with Gasteiger partial charge in [-0.05, 0) is 119 Å². The first-order chi connectivity index (χ1) is 35.6. The van der Waals surface area contributed by atoms with Crippen LogP contribution in [0.5, 0.6) is 0 Å². The molecule has 0 N–H and O–H groups in total. The number of hydrogen-bond donors (Lipinski definition) is 0. The van der Waals surface area contributed by atoms with Gasteiger partial charge in [0.1, 0.15) is 0 Å². The summed E-state index contributed by atoms with van der Waals surface area (Å²) in [6, 6.07) is 84.6. The molecule has 0 atom stereocenters. The van der Waals surface area contributed by atoms with Crippen LogP contribution in [0.15, 0.2) is 237 Å². The average Bonchev–Trinajstić information content (AvgIpc) is 3.96.